The molecule has 122 valence electrons. The zero-order valence-corrected chi connectivity index (χ0v) is 13.9. The maximum atomic E-state index is 12.0. The lowest BCUT2D eigenvalue weighted by molar-refractivity contribution is -0.128. The maximum Gasteiger partial charge on any atom is 0.242 e. The van der Waals surface area contributed by atoms with E-state index in [9.17, 15) is 9.59 Å². The number of amides is 2. The number of nitrogens with one attached hydrogen (secondary N) is 2. The molecule has 0 saturated carbocycles. The molecule has 0 aliphatic rings. The van der Waals surface area contributed by atoms with Crippen LogP contribution >= 0.6 is 11.6 Å². The van der Waals surface area contributed by atoms with Crippen LogP contribution in [0.15, 0.2) is 18.2 Å². The molecule has 1 rings (SSSR count). The van der Waals surface area contributed by atoms with Gasteiger partial charge in [-0.05, 0) is 29.5 Å². The number of hydrogen-bond donors (Lipinski definition) is 3. The van der Waals surface area contributed by atoms with Gasteiger partial charge in [-0.1, -0.05) is 37.6 Å². The summed E-state index contributed by atoms with van der Waals surface area (Å²) in [7, 11) is 0. The lowest BCUT2D eigenvalue weighted by Gasteiger charge is -2.17. The highest BCUT2D eigenvalue weighted by atomic mass is 35.5. The average molecular weight is 327 g/mol. The Hall–Kier alpha value is -1.59. The second kappa shape index (κ2) is 8.76. The van der Waals surface area contributed by atoms with Crippen molar-refractivity contribution in [1.82, 2.24) is 10.6 Å². The van der Waals surface area contributed by atoms with Gasteiger partial charge in [-0.2, -0.15) is 0 Å². The number of hydrogen-bond acceptors (Lipinski definition) is 3. The van der Waals surface area contributed by atoms with E-state index in [0.717, 1.165) is 11.1 Å². The second-order valence-electron chi connectivity index (χ2n) is 5.49. The zero-order chi connectivity index (χ0) is 16.7. The predicted molar refractivity (Wildman–Crippen MR) is 86.7 cm³/mol. The van der Waals surface area contributed by atoms with Crippen molar-refractivity contribution in [2.45, 2.75) is 45.7 Å². The first kappa shape index (κ1) is 18.5. The summed E-state index contributed by atoms with van der Waals surface area (Å²) in [6, 6.07) is 5.03. The molecule has 0 spiro atoms. The fourth-order valence-electron chi connectivity index (χ4n) is 2.01. The monoisotopic (exact) mass is 326 g/mol. The third kappa shape index (κ3) is 5.66. The van der Waals surface area contributed by atoms with Crippen molar-refractivity contribution in [2.24, 2.45) is 0 Å². The minimum atomic E-state index is -0.740. The highest BCUT2D eigenvalue weighted by Gasteiger charge is 2.18. The summed E-state index contributed by atoms with van der Waals surface area (Å²) in [6.07, 6.45) is 0.172. The molecule has 0 radical (unpaired) electrons. The van der Waals surface area contributed by atoms with Crippen LogP contribution in [-0.2, 0) is 16.1 Å². The summed E-state index contributed by atoms with van der Waals surface area (Å²) < 4.78 is 0. The molecule has 5 nitrogen and oxygen atoms in total. The highest BCUT2D eigenvalue weighted by molar-refractivity contribution is 6.31. The minimum absolute atomic E-state index is 0.172. The van der Waals surface area contributed by atoms with Gasteiger partial charge in [0.15, 0.2) is 0 Å². The van der Waals surface area contributed by atoms with E-state index in [-0.39, 0.29) is 31.4 Å². The molecular formula is C16H23ClN2O3. The van der Waals surface area contributed by atoms with Crippen LogP contribution in [0.3, 0.4) is 0 Å². The van der Waals surface area contributed by atoms with Gasteiger partial charge in [0.1, 0.15) is 6.04 Å². The van der Waals surface area contributed by atoms with Gasteiger partial charge >= 0.3 is 0 Å². The van der Waals surface area contributed by atoms with Crippen LogP contribution in [0.2, 0.25) is 5.02 Å². The lowest BCUT2D eigenvalue weighted by atomic mass is 10.0. The van der Waals surface area contributed by atoms with Crippen molar-refractivity contribution in [3.63, 3.8) is 0 Å². The van der Waals surface area contributed by atoms with Gasteiger partial charge in [0.05, 0.1) is 0 Å². The van der Waals surface area contributed by atoms with Crippen molar-refractivity contribution in [3.05, 3.63) is 34.3 Å². The summed E-state index contributed by atoms with van der Waals surface area (Å²) in [4.78, 5) is 23.1. The van der Waals surface area contributed by atoms with Crippen LogP contribution in [0.25, 0.3) is 0 Å². The molecule has 22 heavy (non-hydrogen) atoms. The largest absolute Gasteiger partial charge is 0.396 e. The predicted octanol–water partition coefficient (Wildman–Crippen LogP) is 1.97. The van der Waals surface area contributed by atoms with Crippen molar-refractivity contribution < 1.29 is 14.7 Å². The Morgan fingerprint density at radius 1 is 1.32 bits per heavy atom. The van der Waals surface area contributed by atoms with E-state index in [2.05, 4.69) is 24.5 Å². The summed E-state index contributed by atoms with van der Waals surface area (Å²) in [5.74, 6) is -0.268. The average Bonchev–Trinajstić information content (AvgIpc) is 2.44. The third-order valence-electron chi connectivity index (χ3n) is 3.31. The van der Waals surface area contributed by atoms with E-state index in [1.54, 1.807) is 0 Å². The number of aliphatic hydroxyl groups excluding tert-OH is 1. The smallest absolute Gasteiger partial charge is 0.242 e. The number of rotatable bonds is 7. The van der Waals surface area contributed by atoms with Crippen molar-refractivity contribution in [2.75, 3.05) is 6.61 Å². The summed E-state index contributed by atoms with van der Waals surface area (Å²) >= 11 is 6.22. The van der Waals surface area contributed by atoms with Gasteiger partial charge in [-0.3, -0.25) is 9.59 Å². The normalized spacial score (nSPS) is 12.1. The Labute approximate surface area is 136 Å². The van der Waals surface area contributed by atoms with Crippen LogP contribution in [0.5, 0.6) is 0 Å². The fourth-order valence-corrected chi connectivity index (χ4v) is 2.27. The molecule has 1 aromatic carbocycles. The second-order valence-corrected chi connectivity index (χ2v) is 5.90. The number of halogens is 1. The minimum Gasteiger partial charge on any atom is -0.396 e. The van der Waals surface area contributed by atoms with Crippen molar-refractivity contribution >= 4 is 23.4 Å². The van der Waals surface area contributed by atoms with Gasteiger partial charge in [-0.25, -0.2) is 0 Å². The first-order valence-corrected chi connectivity index (χ1v) is 7.67. The molecule has 0 saturated heterocycles. The van der Waals surface area contributed by atoms with Crippen molar-refractivity contribution in [1.29, 1.82) is 0 Å². The van der Waals surface area contributed by atoms with Gasteiger partial charge in [0.2, 0.25) is 11.8 Å². The quantitative estimate of drug-likeness (QED) is 0.716. The fraction of sp³-hybridized carbons (Fsp3) is 0.500. The molecule has 3 N–H and O–H groups in total. The Kier molecular flexibility index (Phi) is 7.35. The molecule has 2 amide bonds. The maximum absolute atomic E-state index is 12.0. The first-order chi connectivity index (χ1) is 10.3. The van der Waals surface area contributed by atoms with Crippen LogP contribution < -0.4 is 10.6 Å². The van der Waals surface area contributed by atoms with Gasteiger partial charge in [0, 0.05) is 25.1 Å². The molecular weight excluding hydrogens is 304 g/mol. The molecule has 0 fully saturated rings. The number of benzene rings is 1. The highest BCUT2D eigenvalue weighted by Crippen LogP contribution is 2.22. The van der Waals surface area contributed by atoms with Crippen LogP contribution in [0, 0.1) is 0 Å². The Balaban J connectivity index is 2.67. The molecule has 0 aromatic heterocycles. The van der Waals surface area contributed by atoms with E-state index >= 15 is 0 Å². The number of carbonyl (C=O) groups is 2. The van der Waals surface area contributed by atoms with Crippen LogP contribution in [0.1, 0.15) is 44.2 Å². The molecule has 0 heterocycles. The van der Waals surface area contributed by atoms with Crippen molar-refractivity contribution in [3.8, 4) is 0 Å². The Morgan fingerprint density at radius 2 is 2.00 bits per heavy atom. The molecule has 1 atom stereocenters. The zero-order valence-electron chi connectivity index (χ0n) is 13.1. The van der Waals surface area contributed by atoms with Gasteiger partial charge < -0.3 is 15.7 Å². The van der Waals surface area contributed by atoms with E-state index in [0.29, 0.717) is 10.9 Å². The SMILES string of the molecule is CC(=O)NC(CCO)C(=O)NCc1ccc(C(C)C)cc1Cl. The lowest BCUT2D eigenvalue weighted by Crippen LogP contribution is -2.46. The summed E-state index contributed by atoms with van der Waals surface area (Å²) in [5.41, 5.74) is 1.95. The molecule has 0 bridgehead atoms. The topological polar surface area (TPSA) is 78.4 Å². The Morgan fingerprint density at radius 3 is 2.50 bits per heavy atom. The molecule has 0 aliphatic heterocycles. The third-order valence-corrected chi connectivity index (χ3v) is 3.66. The summed E-state index contributed by atoms with van der Waals surface area (Å²) in [6.45, 7) is 5.60. The van der Waals surface area contributed by atoms with Crippen LogP contribution in [-0.4, -0.2) is 29.6 Å². The van der Waals surface area contributed by atoms with E-state index in [1.165, 1.54) is 6.92 Å². The Bertz CT molecular complexity index is 532. The van der Waals surface area contributed by atoms with E-state index < -0.39 is 6.04 Å². The van der Waals surface area contributed by atoms with Crippen LogP contribution in [0.4, 0.5) is 0 Å². The van der Waals surface area contributed by atoms with E-state index in [1.807, 2.05) is 18.2 Å². The molecule has 1 aromatic rings. The first-order valence-electron chi connectivity index (χ1n) is 7.29. The number of aliphatic hydroxyl groups is 1. The van der Waals surface area contributed by atoms with Gasteiger partial charge in [0.25, 0.3) is 0 Å². The molecule has 0 aliphatic carbocycles. The standard InChI is InChI=1S/C16H23ClN2O3/c1-10(2)12-4-5-13(14(17)8-12)9-18-16(22)15(6-7-20)19-11(3)21/h4-5,8,10,15,20H,6-7,9H2,1-3H3,(H,18,22)(H,19,21). The molecule has 6 heteroatoms. The molecule has 1 unspecified atom stereocenters. The number of carbonyl (C=O) groups excluding carboxylic acids is 2. The van der Waals surface area contributed by atoms with E-state index in [4.69, 9.17) is 16.7 Å². The summed E-state index contributed by atoms with van der Waals surface area (Å²) in [5, 5.41) is 14.8. The van der Waals surface area contributed by atoms with Gasteiger partial charge in [-0.15, -0.1) is 0 Å².